The van der Waals surface area contributed by atoms with E-state index in [0.717, 1.165) is 16.8 Å². The SMILES string of the molecule is CC(=O)NC(C)c1ccc(-c2csc(NC(=O)c3ccc(C(C)(C)C)cc3)n2)cc1. The third-order valence-electron chi connectivity index (χ3n) is 4.86. The van der Waals surface area contributed by atoms with Gasteiger partial charge in [0.25, 0.3) is 5.91 Å². The molecule has 0 radical (unpaired) electrons. The van der Waals surface area contributed by atoms with E-state index in [9.17, 15) is 9.59 Å². The molecule has 1 heterocycles. The maximum atomic E-state index is 12.5. The van der Waals surface area contributed by atoms with Crippen molar-refractivity contribution >= 4 is 28.3 Å². The molecule has 6 heteroatoms. The second kappa shape index (κ2) is 8.79. The van der Waals surface area contributed by atoms with Gasteiger partial charge in [-0.3, -0.25) is 14.9 Å². The molecule has 1 aromatic heterocycles. The molecule has 0 spiro atoms. The largest absolute Gasteiger partial charge is 0.350 e. The van der Waals surface area contributed by atoms with E-state index in [2.05, 4.69) is 36.4 Å². The summed E-state index contributed by atoms with van der Waals surface area (Å²) in [6.45, 7) is 9.89. The monoisotopic (exact) mass is 421 g/mol. The highest BCUT2D eigenvalue weighted by atomic mass is 32.1. The minimum atomic E-state index is -0.171. The smallest absolute Gasteiger partial charge is 0.257 e. The van der Waals surface area contributed by atoms with Crippen molar-refractivity contribution in [2.24, 2.45) is 0 Å². The Kier molecular flexibility index (Phi) is 6.37. The van der Waals surface area contributed by atoms with E-state index in [1.807, 2.05) is 60.8 Å². The number of carbonyl (C=O) groups is 2. The number of rotatable bonds is 5. The molecule has 0 aliphatic carbocycles. The Morgan fingerprint density at radius 3 is 2.20 bits per heavy atom. The minimum Gasteiger partial charge on any atom is -0.350 e. The predicted molar refractivity (Wildman–Crippen MR) is 123 cm³/mol. The fourth-order valence-electron chi connectivity index (χ4n) is 3.09. The van der Waals surface area contributed by atoms with Gasteiger partial charge in [-0.1, -0.05) is 57.2 Å². The van der Waals surface area contributed by atoms with Crippen molar-refractivity contribution in [3.8, 4) is 11.3 Å². The Hall–Kier alpha value is -2.99. The van der Waals surface area contributed by atoms with E-state index < -0.39 is 0 Å². The van der Waals surface area contributed by atoms with Crippen LogP contribution in [0.25, 0.3) is 11.3 Å². The quantitative estimate of drug-likeness (QED) is 0.567. The van der Waals surface area contributed by atoms with Crippen molar-refractivity contribution in [1.29, 1.82) is 0 Å². The van der Waals surface area contributed by atoms with E-state index in [4.69, 9.17) is 0 Å². The van der Waals surface area contributed by atoms with Crippen LogP contribution in [0.5, 0.6) is 0 Å². The van der Waals surface area contributed by atoms with Gasteiger partial charge in [0.15, 0.2) is 5.13 Å². The third kappa shape index (κ3) is 5.33. The first-order valence-electron chi connectivity index (χ1n) is 9.88. The van der Waals surface area contributed by atoms with E-state index in [-0.39, 0.29) is 23.3 Å². The Morgan fingerprint density at radius 2 is 1.63 bits per heavy atom. The summed E-state index contributed by atoms with van der Waals surface area (Å²) in [5.41, 5.74) is 4.63. The average molecular weight is 422 g/mol. The van der Waals surface area contributed by atoms with Crippen LogP contribution in [-0.4, -0.2) is 16.8 Å². The van der Waals surface area contributed by atoms with E-state index in [1.54, 1.807) is 0 Å². The maximum Gasteiger partial charge on any atom is 0.257 e. The van der Waals surface area contributed by atoms with Crippen LogP contribution in [0, 0.1) is 0 Å². The topological polar surface area (TPSA) is 71.1 Å². The first kappa shape index (κ1) is 21.7. The van der Waals surface area contributed by atoms with Crippen molar-refractivity contribution in [3.63, 3.8) is 0 Å². The molecule has 3 aromatic rings. The number of nitrogens with zero attached hydrogens (tertiary/aromatic N) is 1. The molecule has 0 saturated heterocycles. The average Bonchev–Trinajstić information content (AvgIpc) is 3.15. The van der Waals surface area contributed by atoms with Gasteiger partial charge >= 0.3 is 0 Å². The van der Waals surface area contributed by atoms with Gasteiger partial charge in [0.1, 0.15) is 0 Å². The van der Waals surface area contributed by atoms with E-state index in [0.29, 0.717) is 10.7 Å². The Balaban J connectivity index is 1.67. The number of carbonyl (C=O) groups excluding carboxylic acids is 2. The first-order chi connectivity index (χ1) is 14.1. The first-order valence-corrected chi connectivity index (χ1v) is 10.8. The van der Waals surface area contributed by atoms with Crippen LogP contribution in [-0.2, 0) is 10.2 Å². The van der Waals surface area contributed by atoms with Crippen molar-refractivity contribution in [1.82, 2.24) is 10.3 Å². The molecule has 0 bridgehead atoms. The summed E-state index contributed by atoms with van der Waals surface area (Å²) in [6.07, 6.45) is 0. The Morgan fingerprint density at radius 1 is 1.00 bits per heavy atom. The Bertz CT molecular complexity index is 1030. The lowest BCUT2D eigenvalue weighted by Crippen LogP contribution is -2.23. The molecule has 5 nitrogen and oxygen atoms in total. The van der Waals surface area contributed by atoms with Crippen LogP contribution in [0.15, 0.2) is 53.9 Å². The fourth-order valence-corrected chi connectivity index (χ4v) is 3.80. The number of nitrogens with one attached hydrogen (secondary N) is 2. The second-order valence-corrected chi connectivity index (χ2v) is 9.22. The lowest BCUT2D eigenvalue weighted by atomic mass is 9.87. The van der Waals surface area contributed by atoms with Gasteiger partial charge in [-0.15, -0.1) is 11.3 Å². The van der Waals surface area contributed by atoms with E-state index >= 15 is 0 Å². The lowest BCUT2D eigenvalue weighted by Gasteiger charge is -2.18. The zero-order valence-electron chi connectivity index (χ0n) is 17.9. The van der Waals surface area contributed by atoms with Gasteiger partial charge in [-0.2, -0.15) is 0 Å². The maximum absolute atomic E-state index is 12.5. The van der Waals surface area contributed by atoms with Crippen LogP contribution < -0.4 is 10.6 Å². The van der Waals surface area contributed by atoms with E-state index in [1.165, 1.54) is 23.8 Å². The molecular formula is C24H27N3O2S. The number of aromatic nitrogens is 1. The molecule has 0 saturated carbocycles. The molecule has 156 valence electrons. The van der Waals surface area contributed by atoms with Gasteiger partial charge in [-0.05, 0) is 35.6 Å². The minimum absolute atomic E-state index is 0.0495. The van der Waals surface area contributed by atoms with Crippen LogP contribution in [0.3, 0.4) is 0 Å². The second-order valence-electron chi connectivity index (χ2n) is 8.36. The summed E-state index contributed by atoms with van der Waals surface area (Å²) in [5, 5.41) is 8.23. The number of thiazole rings is 1. The van der Waals surface area contributed by atoms with Gasteiger partial charge in [0, 0.05) is 23.4 Å². The zero-order valence-corrected chi connectivity index (χ0v) is 18.8. The van der Waals surface area contributed by atoms with Gasteiger partial charge < -0.3 is 5.32 Å². The predicted octanol–water partition coefficient (Wildman–Crippen LogP) is 5.56. The van der Waals surface area contributed by atoms with Crippen LogP contribution in [0.2, 0.25) is 0 Å². The summed E-state index contributed by atoms with van der Waals surface area (Å²) >= 11 is 1.39. The van der Waals surface area contributed by atoms with Crippen molar-refractivity contribution < 1.29 is 9.59 Å². The van der Waals surface area contributed by atoms with Gasteiger partial charge in [0.05, 0.1) is 11.7 Å². The van der Waals surface area contributed by atoms with Crippen molar-refractivity contribution in [2.45, 2.75) is 46.1 Å². The molecule has 1 atom stereocenters. The number of anilines is 1. The number of hydrogen-bond donors (Lipinski definition) is 2. The number of hydrogen-bond acceptors (Lipinski definition) is 4. The molecule has 30 heavy (non-hydrogen) atoms. The normalized spacial score (nSPS) is 12.3. The highest BCUT2D eigenvalue weighted by molar-refractivity contribution is 7.14. The molecule has 2 amide bonds. The van der Waals surface area contributed by atoms with Gasteiger partial charge in [0.2, 0.25) is 5.91 Å². The number of benzene rings is 2. The molecule has 0 aliphatic heterocycles. The Labute approximate surface area is 181 Å². The van der Waals surface area contributed by atoms with Gasteiger partial charge in [-0.25, -0.2) is 4.98 Å². The molecule has 0 fully saturated rings. The summed E-state index contributed by atoms with van der Waals surface area (Å²) in [6, 6.07) is 15.5. The van der Waals surface area contributed by atoms with Crippen LogP contribution in [0.1, 0.15) is 62.1 Å². The zero-order chi connectivity index (χ0) is 21.9. The highest BCUT2D eigenvalue weighted by Crippen LogP contribution is 2.27. The van der Waals surface area contributed by atoms with Crippen LogP contribution in [0.4, 0.5) is 5.13 Å². The summed E-state index contributed by atoms with van der Waals surface area (Å²) in [7, 11) is 0. The van der Waals surface area contributed by atoms with Crippen molar-refractivity contribution in [2.75, 3.05) is 5.32 Å². The molecule has 2 N–H and O–H groups in total. The molecule has 2 aromatic carbocycles. The lowest BCUT2D eigenvalue weighted by molar-refractivity contribution is -0.119. The summed E-state index contributed by atoms with van der Waals surface area (Å²) in [4.78, 5) is 28.3. The van der Waals surface area contributed by atoms with Crippen LogP contribution >= 0.6 is 11.3 Å². The summed E-state index contributed by atoms with van der Waals surface area (Å²) in [5.74, 6) is -0.227. The van der Waals surface area contributed by atoms with Crippen molar-refractivity contribution in [3.05, 3.63) is 70.6 Å². The molecule has 1 unspecified atom stereocenters. The molecular weight excluding hydrogens is 394 g/mol. The molecule has 3 rings (SSSR count). The number of amides is 2. The fraction of sp³-hybridized carbons (Fsp3) is 0.292. The highest BCUT2D eigenvalue weighted by Gasteiger charge is 2.15. The summed E-state index contributed by atoms with van der Waals surface area (Å²) < 4.78 is 0. The molecule has 0 aliphatic rings. The third-order valence-corrected chi connectivity index (χ3v) is 5.62. The standard InChI is InChI=1S/C24H27N3O2S/c1-15(25-16(2)28)17-6-8-18(9-7-17)21-14-30-23(26-21)27-22(29)19-10-12-20(13-11-19)24(3,4)5/h6-15H,1-5H3,(H,25,28)(H,26,27,29).